The number of nitrogens with one attached hydrogen (secondary N) is 2. The number of rotatable bonds is 3. The zero-order valence-electron chi connectivity index (χ0n) is 8.31. The number of carbonyl (C=O) groups excluding carboxylic acids is 1. The first kappa shape index (κ1) is 12.1. The van der Waals surface area contributed by atoms with Gasteiger partial charge in [-0.15, -0.1) is 0 Å². The lowest BCUT2D eigenvalue weighted by atomic mass is 10.2. The fourth-order valence-corrected chi connectivity index (χ4v) is 1.38. The topological polar surface area (TPSA) is 41.1 Å². The zero-order chi connectivity index (χ0) is 11.3. The largest absolute Gasteiger partial charge is 0.338 e. The molecule has 0 saturated heterocycles. The maximum Gasteiger partial charge on any atom is 0.315 e. The van der Waals surface area contributed by atoms with E-state index in [1.54, 1.807) is 12.1 Å². The van der Waals surface area contributed by atoms with Crippen molar-refractivity contribution in [1.82, 2.24) is 10.6 Å². The first-order valence-corrected chi connectivity index (χ1v) is 5.34. The van der Waals surface area contributed by atoms with Crippen molar-refractivity contribution < 1.29 is 4.79 Å². The molecule has 2 amide bonds. The minimum Gasteiger partial charge on any atom is -0.338 e. The molecule has 15 heavy (non-hydrogen) atoms. The van der Waals surface area contributed by atoms with Crippen LogP contribution in [0.15, 0.2) is 18.2 Å². The van der Waals surface area contributed by atoms with E-state index in [4.69, 9.17) is 23.2 Å². The summed E-state index contributed by atoms with van der Waals surface area (Å²) in [7, 11) is 0. The number of hydrogen-bond donors (Lipinski definition) is 2. The van der Waals surface area contributed by atoms with Crippen LogP contribution in [0, 0.1) is 0 Å². The van der Waals surface area contributed by atoms with E-state index in [-0.39, 0.29) is 6.03 Å². The molecule has 2 N–H and O–H groups in total. The molecule has 1 aromatic carbocycles. The zero-order valence-corrected chi connectivity index (χ0v) is 9.82. The molecular formula is C10H12Cl2N2O. The first-order valence-electron chi connectivity index (χ1n) is 4.59. The SMILES string of the molecule is CCNC(=O)NCc1ccc(Cl)c(Cl)c1. The smallest absolute Gasteiger partial charge is 0.315 e. The number of carbonyl (C=O) groups is 1. The Hall–Kier alpha value is -0.930. The van der Waals surface area contributed by atoms with Gasteiger partial charge in [0.05, 0.1) is 10.0 Å². The summed E-state index contributed by atoms with van der Waals surface area (Å²) in [4.78, 5) is 11.1. The predicted octanol–water partition coefficient (Wildman–Crippen LogP) is 2.81. The second-order valence-corrected chi connectivity index (χ2v) is 3.78. The molecule has 0 saturated carbocycles. The van der Waals surface area contributed by atoms with Gasteiger partial charge in [0.1, 0.15) is 0 Å². The first-order chi connectivity index (χ1) is 7.13. The summed E-state index contributed by atoms with van der Waals surface area (Å²) < 4.78 is 0. The third-order valence-electron chi connectivity index (χ3n) is 1.77. The van der Waals surface area contributed by atoms with Crippen LogP contribution < -0.4 is 10.6 Å². The highest BCUT2D eigenvalue weighted by Crippen LogP contribution is 2.22. The molecule has 82 valence electrons. The van der Waals surface area contributed by atoms with Gasteiger partial charge in [-0.2, -0.15) is 0 Å². The molecule has 0 spiro atoms. The van der Waals surface area contributed by atoms with Crippen LogP contribution in [0.3, 0.4) is 0 Å². The fourth-order valence-electron chi connectivity index (χ4n) is 1.05. The average Bonchev–Trinajstić information content (AvgIpc) is 2.20. The van der Waals surface area contributed by atoms with Gasteiger partial charge in [0, 0.05) is 13.1 Å². The Kier molecular flexibility index (Phi) is 4.72. The van der Waals surface area contributed by atoms with Gasteiger partial charge in [-0.25, -0.2) is 4.79 Å². The van der Waals surface area contributed by atoms with Crippen LogP contribution in [0.4, 0.5) is 4.79 Å². The molecule has 0 radical (unpaired) electrons. The standard InChI is InChI=1S/C10H12Cl2N2O/c1-2-13-10(15)14-6-7-3-4-8(11)9(12)5-7/h3-5H,2,6H2,1H3,(H2,13,14,15). The number of hydrogen-bond acceptors (Lipinski definition) is 1. The lowest BCUT2D eigenvalue weighted by molar-refractivity contribution is 0.241. The Morgan fingerprint density at radius 2 is 2.00 bits per heavy atom. The minimum atomic E-state index is -0.191. The van der Waals surface area contributed by atoms with Crippen LogP contribution in [-0.2, 0) is 6.54 Å². The Morgan fingerprint density at radius 1 is 1.27 bits per heavy atom. The minimum absolute atomic E-state index is 0.191. The second-order valence-electron chi connectivity index (χ2n) is 2.96. The maximum atomic E-state index is 11.1. The normalized spacial score (nSPS) is 9.80. The van der Waals surface area contributed by atoms with Gasteiger partial charge < -0.3 is 10.6 Å². The van der Waals surface area contributed by atoms with E-state index >= 15 is 0 Å². The monoisotopic (exact) mass is 246 g/mol. The number of amides is 2. The molecule has 5 heteroatoms. The summed E-state index contributed by atoms with van der Waals surface area (Å²) in [5.74, 6) is 0. The lowest BCUT2D eigenvalue weighted by Gasteiger charge is -2.06. The van der Waals surface area contributed by atoms with Crippen LogP contribution in [-0.4, -0.2) is 12.6 Å². The fraction of sp³-hybridized carbons (Fsp3) is 0.300. The molecule has 0 unspecified atom stereocenters. The summed E-state index contributed by atoms with van der Waals surface area (Å²) in [5, 5.41) is 6.33. The van der Waals surface area contributed by atoms with Gasteiger partial charge in [-0.1, -0.05) is 29.3 Å². The molecule has 0 fully saturated rings. The van der Waals surface area contributed by atoms with Gasteiger partial charge >= 0.3 is 6.03 Å². The quantitative estimate of drug-likeness (QED) is 0.847. The van der Waals surface area contributed by atoms with E-state index < -0.39 is 0 Å². The van der Waals surface area contributed by atoms with Crippen molar-refractivity contribution in [3.63, 3.8) is 0 Å². The van der Waals surface area contributed by atoms with E-state index in [0.29, 0.717) is 23.1 Å². The van der Waals surface area contributed by atoms with Gasteiger partial charge in [0.15, 0.2) is 0 Å². The van der Waals surface area contributed by atoms with Crippen LogP contribution in [0.1, 0.15) is 12.5 Å². The van der Waals surface area contributed by atoms with E-state index in [9.17, 15) is 4.79 Å². The molecular weight excluding hydrogens is 235 g/mol. The Bertz CT molecular complexity index is 355. The highest BCUT2D eigenvalue weighted by molar-refractivity contribution is 6.42. The van der Waals surface area contributed by atoms with Crippen LogP contribution >= 0.6 is 23.2 Å². The van der Waals surface area contributed by atoms with Crippen LogP contribution in [0.2, 0.25) is 10.0 Å². The maximum absolute atomic E-state index is 11.1. The molecule has 0 aliphatic carbocycles. The van der Waals surface area contributed by atoms with Crippen molar-refractivity contribution in [2.45, 2.75) is 13.5 Å². The third kappa shape index (κ3) is 3.98. The average molecular weight is 247 g/mol. The summed E-state index contributed by atoms with van der Waals surface area (Å²) >= 11 is 11.6. The Morgan fingerprint density at radius 3 is 2.60 bits per heavy atom. The molecule has 0 bridgehead atoms. The highest BCUT2D eigenvalue weighted by atomic mass is 35.5. The second kappa shape index (κ2) is 5.83. The highest BCUT2D eigenvalue weighted by Gasteiger charge is 2.01. The molecule has 0 aromatic heterocycles. The molecule has 0 aliphatic heterocycles. The molecule has 0 atom stereocenters. The summed E-state index contributed by atoms with van der Waals surface area (Å²) in [6.07, 6.45) is 0. The van der Waals surface area contributed by atoms with Crippen LogP contribution in [0.25, 0.3) is 0 Å². The Balaban J connectivity index is 2.51. The summed E-state index contributed by atoms with van der Waals surface area (Å²) in [6.45, 7) is 2.90. The van der Waals surface area contributed by atoms with Crippen molar-refractivity contribution in [2.75, 3.05) is 6.54 Å². The van der Waals surface area contributed by atoms with Gasteiger partial charge in [-0.3, -0.25) is 0 Å². The molecule has 3 nitrogen and oxygen atoms in total. The number of halogens is 2. The number of benzene rings is 1. The van der Waals surface area contributed by atoms with Crippen molar-refractivity contribution in [2.24, 2.45) is 0 Å². The molecule has 1 rings (SSSR count). The third-order valence-corrected chi connectivity index (χ3v) is 2.51. The van der Waals surface area contributed by atoms with Crippen LogP contribution in [0.5, 0.6) is 0 Å². The van der Waals surface area contributed by atoms with E-state index in [1.165, 1.54) is 0 Å². The van der Waals surface area contributed by atoms with Crippen molar-refractivity contribution >= 4 is 29.2 Å². The molecule has 0 heterocycles. The predicted molar refractivity (Wildman–Crippen MR) is 62.4 cm³/mol. The summed E-state index contributed by atoms with van der Waals surface area (Å²) in [5.41, 5.74) is 0.913. The molecule has 1 aromatic rings. The van der Waals surface area contributed by atoms with Gasteiger partial charge in [0.2, 0.25) is 0 Å². The van der Waals surface area contributed by atoms with E-state index in [0.717, 1.165) is 5.56 Å². The van der Waals surface area contributed by atoms with E-state index in [1.807, 2.05) is 13.0 Å². The number of urea groups is 1. The van der Waals surface area contributed by atoms with Gasteiger partial charge in [0.25, 0.3) is 0 Å². The van der Waals surface area contributed by atoms with Crippen molar-refractivity contribution in [3.8, 4) is 0 Å². The molecule has 0 aliphatic rings. The van der Waals surface area contributed by atoms with Crippen molar-refractivity contribution in [3.05, 3.63) is 33.8 Å². The van der Waals surface area contributed by atoms with Crippen molar-refractivity contribution in [1.29, 1.82) is 0 Å². The lowest BCUT2D eigenvalue weighted by Crippen LogP contribution is -2.34. The van der Waals surface area contributed by atoms with Gasteiger partial charge in [-0.05, 0) is 24.6 Å². The Labute approximate surface area is 98.8 Å². The summed E-state index contributed by atoms with van der Waals surface area (Å²) in [6, 6.07) is 5.07. The van der Waals surface area contributed by atoms with E-state index in [2.05, 4.69) is 10.6 Å².